The van der Waals surface area contributed by atoms with E-state index in [-0.39, 0.29) is 6.03 Å². The van der Waals surface area contributed by atoms with Crippen molar-refractivity contribution in [3.63, 3.8) is 0 Å². The lowest BCUT2D eigenvalue weighted by Crippen LogP contribution is -2.28. The van der Waals surface area contributed by atoms with Crippen molar-refractivity contribution >= 4 is 34.7 Å². The first kappa shape index (κ1) is 18.4. The molecule has 0 aliphatic heterocycles. The standard InChI is InChI=1S/C20H20ClN3OS/c1-12-8-9-17(13(2)10-12)24-20(25)22-11-18-14(3)23-19(26-18)15-6-4-5-7-16(15)21/h4-10H,11H2,1-3H3,(H2,22,24,25). The van der Waals surface area contributed by atoms with Crippen LogP contribution in [0.1, 0.15) is 21.7 Å². The molecule has 3 rings (SSSR count). The summed E-state index contributed by atoms with van der Waals surface area (Å²) in [6.45, 7) is 6.37. The van der Waals surface area contributed by atoms with Gasteiger partial charge in [-0.05, 0) is 38.5 Å². The number of carbonyl (C=O) groups excluding carboxylic acids is 1. The molecule has 0 radical (unpaired) electrons. The number of benzene rings is 2. The Morgan fingerprint density at radius 1 is 1.15 bits per heavy atom. The van der Waals surface area contributed by atoms with E-state index >= 15 is 0 Å². The van der Waals surface area contributed by atoms with Crippen LogP contribution in [0.5, 0.6) is 0 Å². The van der Waals surface area contributed by atoms with Crippen LogP contribution in [0.25, 0.3) is 10.6 Å². The topological polar surface area (TPSA) is 54.0 Å². The van der Waals surface area contributed by atoms with E-state index in [0.717, 1.165) is 32.4 Å². The minimum atomic E-state index is -0.232. The second-order valence-corrected chi connectivity index (χ2v) is 7.62. The summed E-state index contributed by atoms with van der Waals surface area (Å²) in [5.74, 6) is 0. The normalized spacial score (nSPS) is 10.6. The third-order valence-electron chi connectivity index (χ3n) is 4.04. The van der Waals surface area contributed by atoms with Gasteiger partial charge in [-0.2, -0.15) is 0 Å². The van der Waals surface area contributed by atoms with Gasteiger partial charge >= 0.3 is 6.03 Å². The number of nitrogens with one attached hydrogen (secondary N) is 2. The minimum Gasteiger partial charge on any atom is -0.333 e. The summed E-state index contributed by atoms with van der Waals surface area (Å²) in [7, 11) is 0. The number of aromatic nitrogens is 1. The maximum absolute atomic E-state index is 12.2. The fourth-order valence-corrected chi connectivity index (χ4v) is 3.95. The summed E-state index contributed by atoms with van der Waals surface area (Å²) in [6.07, 6.45) is 0. The predicted octanol–water partition coefficient (Wildman–Crippen LogP) is 5.71. The highest BCUT2D eigenvalue weighted by atomic mass is 35.5. The van der Waals surface area contributed by atoms with Crippen LogP contribution >= 0.6 is 22.9 Å². The van der Waals surface area contributed by atoms with E-state index in [2.05, 4.69) is 15.6 Å². The van der Waals surface area contributed by atoms with Gasteiger partial charge in [0.2, 0.25) is 0 Å². The molecule has 2 aromatic carbocycles. The Morgan fingerprint density at radius 3 is 2.65 bits per heavy atom. The molecule has 4 nitrogen and oxygen atoms in total. The van der Waals surface area contributed by atoms with Crippen molar-refractivity contribution in [1.82, 2.24) is 10.3 Å². The van der Waals surface area contributed by atoms with Gasteiger partial charge in [-0.1, -0.05) is 47.5 Å². The van der Waals surface area contributed by atoms with Gasteiger partial charge in [0.1, 0.15) is 5.01 Å². The van der Waals surface area contributed by atoms with Crippen LogP contribution in [0.4, 0.5) is 10.5 Å². The Balaban J connectivity index is 1.66. The van der Waals surface area contributed by atoms with Gasteiger partial charge in [-0.3, -0.25) is 0 Å². The van der Waals surface area contributed by atoms with Crippen molar-refractivity contribution in [1.29, 1.82) is 0 Å². The van der Waals surface area contributed by atoms with Crippen LogP contribution in [-0.2, 0) is 6.54 Å². The molecule has 0 bridgehead atoms. The van der Waals surface area contributed by atoms with Crippen molar-refractivity contribution in [2.75, 3.05) is 5.32 Å². The number of rotatable bonds is 4. The Labute approximate surface area is 162 Å². The summed E-state index contributed by atoms with van der Waals surface area (Å²) in [4.78, 5) is 17.8. The first-order valence-electron chi connectivity index (χ1n) is 8.27. The van der Waals surface area contributed by atoms with Crippen molar-refractivity contribution in [2.24, 2.45) is 0 Å². The predicted molar refractivity (Wildman–Crippen MR) is 109 cm³/mol. The molecule has 2 amide bonds. The van der Waals surface area contributed by atoms with E-state index in [1.807, 2.05) is 63.2 Å². The molecule has 2 N–H and O–H groups in total. The van der Waals surface area contributed by atoms with E-state index < -0.39 is 0 Å². The average Bonchev–Trinajstić information content (AvgIpc) is 2.96. The summed E-state index contributed by atoms with van der Waals surface area (Å²) >= 11 is 7.79. The smallest absolute Gasteiger partial charge is 0.319 e. The van der Waals surface area contributed by atoms with Gasteiger partial charge in [-0.25, -0.2) is 9.78 Å². The summed E-state index contributed by atoms with van der Waals surface area (Å²) in [5, 5.41) is 7.32. The highest BCUT2D eigenvalue weighted by Crippen LogP contribution is 2.32. The third kappa shape index (κ3) is 4.23. The first-order valence-corrected chi connectivity index (χ1v) is 9.47. The molecule has 0 fully saturated rings. The summed E-state index contributed by atoms with van der Waals surface area (Å²) < 4.78 is 0. The minimum absolute atomic E-state index is 0.232. The van der Waals surface area contributed by atoms with Crippen LogP contribution < -0.4 is 10.6 Å². The molecule has 134 valence electrons. The number of aryl methyl sites for hydroxylation is 3. The van der Waals surface area contributed by atoms with Crippen LogP contribution in [0.15, 0.2) is 42.5 Å². The zero-order valence-corrected chi connectivity index (χ0v) is 16.5. The molecule has 0 atom stereocenters. The molecule has 0 aliphatic rings. The molecule has 26 heavy (non-hydrogen) atoms. The molecule has 0 saturated carbocycles. The summed E-state index contributed by atoms with van der Waals surface area (Å²) in [5.41, 5.74) is 4.83. The van der Waals surface area contributed by atoms with E-state index in [9.17, 15) is 4.79 Å². The van der Waals surface area contributed by atoms with Gasteiger partial charge in [0.05, 0.1) is 17.3 Å². The molecule has 0 spiro atoms. The van der Waals surface area contributed by atoms with E-state index in [1.165, 1.54) is 5.56 Å². The number of nitrogens with zero attached hydrogens (tertiary/aromatic N) is 1. The van der Waals surface area contributed by atoms with Gasteiger partial charge in [0, 0.05) is 16.1 Å². The fraction of sp³-hybridized carbons (Fsp3) is 0.200. The fourth-order valence-electron chi connectivity index (χ4n) is 2.62. The van der Waals surface area contributed by atoms with Gasteiger partial charge in [0.25, 0.3) is 0 Å². The van der Waals surface area contributed by atoms with E-state index in [4.69, 9.17) is 11.6 Å². The number of halogens is 1. The lowest BCUT2D eigenvalue weighted by molar-refractivity contribution is 0.252. The number of thiazole rings is 1. The molecule has 6 heteroatoms. The van der Waals surface area contributed by atoms with Crippen LogP contribution in [0.2, 0.25) is 5.02 Å². The van der Waals surface area contributed by atoms with E-state index in [0.29, 0.717) is 11.6 Å². The molecular weight excluding hydrogens is 366 g/mol. The SMILES string of the molecule is Cc1ccc(NC(=O)NCc2sc(-c3ccccc3Cl)nc2C)c(C)c1. The monoisotopic (exact) mass is 385 g/mol. The number of carbonyl (C=O) groups is 1. The summed E-state index contributed by atoms with van der Waals surface area (Å²) in [6, 6.07) is 13.3. The quantitative estimate of drug-likeness (QED) is 0.604. The zero-order chi connectivity index (χ0) is 18.7. The van der Waals surface area contributed by atoms with Gasteiger partial charge < -0.3 is 10.6 Å². The second-order valence-electron chi connectivity index (χ2n) is 6.13. The lowest BCUT2D eigenvalue weighted by atomic mass is 10.1. The maximum Gasteiger partial charge on any atom is 0.319 e. The Kier molecular flexibility index (Phi) is 5.59. The van der Waals surface area contributed by atoms with Gasteiger partial charge in [0.15, 0.2) is 0 Å². The molecule has 1 heterocycles. The molecule has 0 aliphatic carbocycles. The second kappa shape index (κ2) is 7.89. The largest absolute Gasteiger partial charge is 0.333 e. The van der Waals surface area contributed by atoms with Crippen molar-refractivity contribution in [2.45, 2.75) is 27.3 Å². The molecule has 1 aromatic heterocycles. The number of amides is 2. The molecule has 3 aromatic rings. The van der Waals surface area contributed by atoms with Crippen LogP contribution in [0.3, 0.4) is 0 Å². The molecular formula is C20H20ClN3OS. The first-order chi connectivity index (χ1) is 12.4. The van der Waals surface area contributed by atoms with Crippen molar-refractivity contribution in [3.05, 3.63) is 69.2 Å². The van der Waals surface area contributed by atoms with Gasteiger partial charge in [-0.15, -0.1) is 11.3 Å². The van der Waals surface area contributed by atoms with E-state index in [1.54, 1.807) is 11.3 Å². The third-order valence-corrected chi connectivity index (χ3v) is 5.56. The van der Waals surface area contributed by atoms with Crippen LogP contribution in [0, 0.1) is 20.8 Å². The lowest BCUT2D eigenvalue weighted by Gasteiger charge is -2.10. The molecule has 0 saturated heterocycles. The highest BCUT2D eigenvalue weighted by Gasteiger charge is 2.13. The molecule has 0 unspecified atom stereocenters. The number of urea groups is 1. The van der Waals surface area contributed by atoms with Crippen LogP contribution in [-0.4, -0.2) is 11.0 Å². The highest BCUT2D eigenvalue weighted by molar-refractivity contribution is 7.15. The number of hydrogen-bond acceptors (Lipinski definition) is 3. The Hall–Kier alpha value is -2.37. The van der Waals surface area contributed by atoms with Crippen molar-refractivity contribution < 1.29 is 4.79 Å². The van der Waals surface area contributed by atoms with Crippen molar-refractivity contribution in [3.8, 4) is 10.6 Å². The number of hydrogen-bond donors (Lipinski definition) is 2. The average molecular weight is 386 g/mol. The Bertz CT molecular complexity index is 952. The maximum atomic E-state index is 12.2. The Morgan fingerprint density at radius 2 is 1.92 bits per heavy atom. The zero-order valence-electron chi connectivity index (χ0n) is 14.9. The number of anilines is 1.